The molecule has 124 valence electrons. The maximum atomic E-state index is 5.39. The van der Waals surface area contributed by atoms with Gasteiger partial charge in [0.15, 0.2) is 11.5 Å². The van der Waals surface area contributed by atoms with E-state index >= 15 is 0 Å². The highest BCUT2D eigenvalue weighted by Crippen LogP contribution is 2.41. The molecule has 0 aliphatic carbocycles. The Morgan fingerprint density at radius 3 is 2.21 bits per heavy atom. The molecule has 0 aliphatic heterocycles. The van der Waals surface area contributed by atoms with E-state index in [1.807, 2.05) is 24.3 Å². The predicted octanol–water partition coefficient (Wildman–Crippen LogP) is 4.19. The van der Waals surface area contributed by atoms with E-state index in [0.717, 1.165) is 10.0 Å². The van der Waals surface area contributed by atoms with Crippen LogP contribution in [0.1, 0.15) is 0 Å². The molecule has 24 heavy (non-hydrogen) atoms. The number of aromatic nitrogens is 2. The van der Waals surface area contributed by atoms with Crippen molar-refractivity contribution in [1.29, 1.82) is 0 Å². The zero-order valence-electron chi connectivity index (χ0n) is 13.4. The van der Waals surface area contributed by atoms with E-state index in [1.54, 1.807) is 33.5 Å². The first-order chi connectivity index (χ1) is 11.7. The van der Waals surface area contributed by atoms with Crippen LogP contribution in [0.25, 0.3) is 22.8 Å². The fraction of sp³-hybridized carbons (Fsp3) is 0.176. The first kappa shape index (κ1) is 16.3. The number of halogens is 1. The van der Waals surface area contributed by atoms with Crippen molar-refractivity contribution in [2.45, 2.75) is 0 Å². The lowest BCUT2D eigenvalue weighted by atomic mass is 10.1. The molecule has 0 radical (unpaired) electrons. The highest BCUT2D eigenvalue weighted by atomic mass is 79.9. The molecule has 0 N–H and O–H groups in total. The number of hydrogen-bond acceptors (Lipinski definition) is 6. The Balaban J connectivity index is 2.04. The number of benzene rings is 2. The van der Waals surface area contributed by atoms with Crippen LogP contribution in [0.5, 0.6) is 17.2 Å². The molecule has 7 heteroatoms. The normalized spacial score (nSPS) is 10.5. The third kappa shape index (κ3) is 3.07. The summed E-state index contributed by atoms with van der Waals surface area (Å²) >= 11 is 3.43. The van der Waals surface area contributed by atoms with E-state index in [2.05, 4.69) is 26.1 Å². The van der Waals surface area contributed by atoms with Crippen LogP contribution in [0.2, 0.25) is 0 Å². The summed E-state index contributed by atoms with van der Waals surface area (Å²) in [7, 11) is 4.67. The molecule has 3 aromatic rings. The molecule has 2 aromatic carbocycles. The largest absolute Gasteiger partial charge is 0.493 e. The molecule has 0 amide bonds. The quantitative estimate of drug-likeness (QED) is 0.650. The van der Waals surface area contributed by atoms with Gasteiger partial charge in [-0.25, -0.2) is 0 Å². The summed E-state index contributed by atoms with van der Waals surface area (Å²) < 4.78 is 22.3. The van der Waals surface area contributed by atoms with Crippen LogP contribution >= 0.6 is 15.9 Å². The van der Waals surface area contributed by atoms with E-state index < -0.39 is 0 Å². The molecular weight excluding hydrogens is 376 g/mol. The molecule has 0 saturated carbocycles. The summed E-state index contributed by atoms with van der Waals surface area (Å²) in [5.41, 5.74) is 1.53. The third-order valence-corrected chi connectivity index (χ3v) is 3.91. The molecule has 0 aliphatic rings. The van der Waals surface area contributed by atoms with Gasteiger partial charge in [-0.15, -0.1) is 0 Å². The van der Waals surface area contributed by atoms with Gasteiger partial charge in [0, 0.05) is 15.6 Å². The van der Waals surface area contributed by atoms with Crippen molar-refractivity contribution in [3.05, 3.63) is 40.9 Å². The number of ether oxygens (including phenoxy) is 3. The molecule has 3 rings (SSSR count). The Morgan fingerprint density at radius 2 is 1.62 bits per heavy atom. The minimum Gasteiger partial charge on any atom is -0.493 e. The van der Waals surface area contributed by atoms with Crippen molar-refractivity contribution in [3.63, 3.8) is 0 Å². The van der Waals surface area contributed by atoms with Gasteiger partial charge in [-0.3, -0.25) is 0 Å². The molecule has 1 heterocycles. The lowest BCUT2D eigenvalue weighted by molar-refractivity contribution is 0.324. The standard InChI is InChI=1S/C17H15BrN2O4/c1-21-13-8-11(9-14(22-2)15(13)23-3)17-19-16(20-24-17)10-5-4-6-12(18)7-10/h4-9H,1-3H3. The van der Waals surface area contributed by atoms with Crippen molar-refractivity contribution >= 4 is 15.9 Å². The van der Waals surface area contributed by atoms with Crippen molar-refractivity contribution < 1.29 is 18.7 Å². The maximum absolute atomic E-state index is 5.39. The zero-order chi connectivity index (χ0) is 17.1. The average molecular weight is 391 g/mol. The van der Waals surface area contributed by atoms with Gasteiger partial charge in [-0.2, -0.15) is 4.98 Å². The highest BCUT2D eigenvalue weighted by Gasteiger charge is 2.18. The zero-order valence-corrected chi connectivity index (χ0v) is 15.0. The second kappa shape index (κ2) is 6.92. The summed E-state index contributed by atoms with van der Waals surface area (Å²) in [6.45, 7) is 0. The lowest BCUT2D eigenvalue weighted by Gasteiger charge is -2.12. The van der Waals surface area contributed by atoms with Gasteiger partial charge in [-0.05, 0) is 24.3 Å². The molecule has 0 saturated heterocycles. The second-order valence-corrected chi connectivity index (χ2v) is 5.76. The van der Waals surface area contributed by atoms with Gasteiger partial charge in [-0.1, -0.05) is 33.2 Å². The van der Waals surface area contributed by atoms with E-state index in [-0.39, 0.29) is 0 Å². The Hall–Kier alpha value is -2.54. The number of nitrogens with zero attached hydrogens (tertiary/aromatic N) is 2. The highest BCUT2D eigenvalue weighted by molar-refractivity contribution is 9.10. The molecule has 1 aromatic heterocycles. The van der Waals surface area contributed by atoms with E-state index in [0.29, 0.717) is 34.5 Å². The van der Waals surface area contributed by atoms with Gasteiger partial charge in [0.1, 0.15) is 0 Å². The van der Waals surface area contributed by atoms with Gasteiger partial charge in [0.05, 0.1) is 21.3 Å². The Labute approximate surface area is 147 Å². The lowest BCUT2D eigenvalue weighted by Crippen LogP contribution is -1.95. The van der Waals surface area contributed by atoms with Crippen molar-refractivity contribution in [2.24, 2.45) is 0 Å². The van der Waals surface area contributed by atoms with Crippen molar-refractivity contribution in [3.8, 4) is 40.1 Å². The topological polar surface area (TPSA) is 66.6 Å². The van der Waals surface area contributed by atoms with E-state index in [9.17, 15) is 0 Å². The van der Waals surface area contributed by atoms with Crippen LogP contribution in [0.3, 0.4) is 0 Å². The Kier molecular flexibility index (Phi) is 4.71. The number of methoxy groups -OCH3 is 3. The minimum atomic E-state index is 0.365. The van der Waals surface area contributed by atoms with Crippen LogP contribution in [0.15, 0.2) is 45.4 Å². The van der Waals surface area contributed by atoms with Gasteiger partial charge in [0.25, 0.3) is 5.89 Å². The molecule has 0 unspecified atom stereocenters. The first-order valence-electron chi connectivity index (χ1n) is 7.06. The SMILES string of the molecule is COc1cc(-c2nc(-c3cccc(Br)c3)no2)cc(OC)c1OC. The summed E-state index contributed by atoms with van der Waals surface area (Å²) in [6.07, 6.45) is 0. The van der Waals surface area contributed by atoms with Gasteiger partial charge >= 0.3 is 0 Å². The molecule has 0 fully saturated rings. The molecule has 0 atom stereocenters. The third-order valence-electron chi connectivity index (χ3n) is 3.42. The first-order valence-corrected chi connectivity index (χ1v) is 7.85. The second-order valence-electron chi connectivity index (χ2n) is 4.85. The average Bonchev–Trinajstić information content (AvgIpc) is 3.10. The Morgan fingerprint density at radius 1 is 0.917 bits per heavy atom. The number of rotatable bonds is 5. The molecular formula is C17H15BrN2O4. The molecule has 0 bridgehead atoms. The van der Waals surface area contributed by atoms with Crippen LogP contribution in [-0.2, 0) is 0 Å². The number of hydrogen-bond donors (Lipinski definition) is 0. The summed E-state index contributed by atoms with van der Waals surface area (Å²) in [6, 6.07) is 11.2. The van der Waals surface area contributed by atoms with Crippen molar-refractivity contribution in [2.75, 3.05) is 21.3 Å². The van der Waals surface area contributed by atoms with Crippen LogP contribution in [0, 0.1) is 0 Å². The molecule has 0 spiro atoms. The van der Waals surface area contributed by atoms with Gasteiger partial charge < -0.3 is 18.7 Å². The fourth-order valence-electron chi connectivity index (χ4n) is 2.29. The van der Waals surface area contributed by atoms with Crippen LogP contribution in [-0.4, -0.2) is 31.5 Å². The van der Waals surface area contributed by atoms with E-state index in [1.165, 1.54) is 0 Å². The van der Waals surface area contributed by atoms with Gasteiger partial charge in [0.2, 0.25) is 11.6 Å². The predicted molar refractivity (Wildman–Crippen MR) is 92.5 cm³/mol. The summed E-state index contributed by atoms with van der Waals surface area (Å²) in [4.78, 5) is 4.45. The van der Waals surface area contributed by atoms with E-state index in [4.69, 9.17) is 18.7 Å². The summed E-state index contributed by atoms with van der Waals surface area (Å²) in [5, 5.41) is 4.04. The van der Waals surface area contributed by atoms with Crippen molar-refractivity contribution in [1.82, 2.24) is 10.1 Å². The van der Waals surface area contributed by atoms with Crippen LogP contribution < -0.4 is 14.2 Å². The smallest absolute Gasteiger partial charge is 0.258 e. The molecule has 6 nitrogen and oxygen atoms in total. The fourth-order valence-corrected chi connectivity index (χ4v) is 2.69. The monoisotopic (exact) mass is 390 g/mol. The Bertz CT molecular complexity index is 838. The minimum absolute atomic E-state index is 0.365. The van der Waals surface area contributed by atoms with Crippen LogP contribution in [0.4, 0.5) is 0 Å². The summed E-state index contributed by atoms with van der Waals surface area (Å²) in [5.74, 6) is 2.42. The maximum Gasteiger partial charge on any atom is 0.258 e.